The highest BCUT2D eigenvalue weighted by atomic mass is 16.5. The minimum atomic E-state index is 0.439. The monoisotopic (exact) mass is 261 g/mol. The van der Waals surface area contributed by atoms with Crippen molar-refractivity contribution in [1.82, 2.24) is 5.32 Å². The molecule has 0 radical (unpaired) electrons. The molecular weight excluding hydrogens is 234 g/mol. The van der Waals surface area contributed by atoms with E-state index in [1.165, 1.54) is 24.8 Å². The standard InChI is InChI=1S/C17H27NO/c1-15(16-6-4-3-5-7-16)8-11-18-14-17(2)9-12-19-13-10-17/h3-7,15,18H,8-14H2,1-2H3. The summed E-state index contributed by atoms with van der Waals surface area (Å²) in [6.45, 7) is 8.78. The van der Waals surface area contributed by atoms with Gasteiger partial charge in [-0.1, -0.05) is 44.2 Å². The molecule has 1 aromatic rings. The van der Waals surface area contributed by atoms with Crippen molar-refractivity contribution in [3.63, 3.8) is 0 Å². The summed E-state index contributed by atoms with van der Waals surface area (Å²) in [7, 11) is 0. The Hall–Kier alpha value is -0.860. The minimum absolute atomic E-state index is 0.439. The SMILES string of the molecule is CC(CCNCC1(C)CCOCC1)c1ccccc1. The number of rotatable bonds is 6. The zero-order valence-electron chi connectivity index (χ0n) is 12.3. The maximum absolute atomic E-state index is 5.44. The van der Waals surface area contributed by atoms with Crippen molar-refractivity contribution in [1.29, 1.82) is 0 Å². The van der Waals surface area contributed by atoms with E-state index in [0.29, 0.717) is 11.3 Å². The summed E-state index contributed by atoms with van der Waals surface area (Å²) in [5.41, 5.74) is 1.88. The lowest BCUT2D eigenvalue weighted by atomic mass is 9.82. The molecule has 19 heavy (non-hydrogen) atoms. The molecule has 0 saturated carbocycles. The van der Waals surface area contributed by atoms with Gasteiger partial charge in [-0.05, 0) is 42.7 Å². The lowest BCUT2D eigenvalue weighted by Gasteiger charge is -2.33. The molecule has 106 valence electrons. The van der Waals surface area contributed by atoms with Gasteiger partial charge < -0.3 is 10.1 Å². The van der Waals surface area contributed by atoms with E-state index >= 15 is 0 Å². The first-order chi connectivity index (χ1) is 9.20. The molecule has 2 rings (SSSR count). The van der Waals surface area contributed by atoms with Crippen LogP contribution in [0, 0.1) is 5.41 Å². The molecule has 0 bridgehead atoms. The summed E-state index contributed by atoms with van der Waals surface area (Å²) in [5, 5.41) is 3.64. The largest absolute Gasteiger partial charge is 0.381 e. The van der Waals surface area contributed by atoms with Crippen LogP contribution in [0.2, 0.25) is 0 Å². The van der Waals surface area contributed by atoms with E-state index in [1.807, 2.05) is 0 Å². The number of hydrogen-bond acceptors (Lipinski definition) is 2. The van der Waals surface area contributed by atoms with E-state index < -0.39 is 0 Å². The lowest BCUT2D eigenvalue weighted by molar-refractivity contribution is 0.0241. The predicted molar refractivity (Wildman–Crippen MR) is 80.5 cm³/mol. The second-order valence-corrected chi connectivity index (χ2v) is 6.20. The van der Waals surface area contributed by atoms with Gasteiger partial charge in [0.25, 0.3) is 0 Å². The maximum atomic E-state index is 5.44. The van der Waals surface area contributed by atoms with Crippen molar-refractivity contribution in [2.24, 2.45) is 5.41 Å². The second-order valence-electron chi connectivity index (χ2n) is 6.20. The molecule has 0 aromatic heterocycles. The van der Waals surface area contributed by atoms with Crippen molar-refractivity contribution in [2.75, 3.05) is 26.3 Å². The molecule has 0 amide bonds. The molecule has 2 heteroatoms. The minimum Gasteiger partial charge on any atom is -0.381 e. The third-order valence-electron chi connectivity index (χ3n) is 4.37. The van der Waals surface area contributed by atoms with Gasteiger partial charge in [-0.15, -0.1) is 0 Å². The first kappa shape index (κ1) is 14.5. The Balaban J connectivity index is 1.66. The Morgan fingerprint density at radius 1 is 1.21 bits per heavy atom. The highest BCUT2D eigenvalue weighted by molar-refractivity contribution is 5.18. The normalized spacial score (nSPS) is 20.1. The Kier molecular flexibility index (Phi) is 5.41. The Labute approximate surface area is 117 Å². The van der Waals surface area contributed by atoms with Crippen LogP contribution < -0.4 is 5.32 Å². The maximum Gasteiger partial charge on any atom is 0.0471 e. The summed E-state index contributed by atoms with van der Waals surface area (Å²) in [6, 6.07) is 10.8. The average molecular weight is 261 g/mol. The zero-order valence-corrected chi connectivity index (χ0v) is 12.3. The first-order valence-electron chi connectivity index (χ1n) is 7.53. The molecule has 1 aromatic carbocycles. The van der Waals surface area contributed by atoms with Crippen molar-refractivity contribution in [2.45, 2.75) is 39.0 Å². The van der Waals surface area contributed by atoms with E-state index in [1.54, 1.807) is 0 Å². The van der Waals surface area contributed by atoms with Crippen molar-refractivity contribution in [3.8, 4) is 0 Å². The highest BCUT2D eigenvalue weighted by Gasteiger charge is 2.26. The van der Waals surface area contributed by atoms with Crippen molar-refractivity contribution >= 4 is 0 Å². The Bertz CT molecular complexity index is 357. The molecule has 1 aliphatic heterocycles. The fraction of sp³-hybridized carbons (Fsp3) is 0.647. The molecule has 1 atom stereocenters. The number of hydrogen-bond donors (Lipinski definition) is 1. The summed E-state index contributed by atoms with van der Waals surface area (Å²) in [6.07, 6.45) is 3.58. The van der Waals surface area contributed by atoms with Crippen LogP contribution in [0.1, 0.15) is 44.6 Å². The van der Waals surface area contributed by atoms with Gasteiger partial charge in [0.15, 0.2) is 0 Å². The fourth-order valence-electron chi connectivity index (χ4n) is 2.70. The van der Waals surface area contributed by atoms with Gasteiger partial charge in [0, 0.05) is 19.8 Å². The molecule has 1 unspecified atom stereocenters. The van der Waals surface area contributed by atoms with Crippen LogP contribution in [0.15, 0.2) is 30.3 Å². The smallest absolute Gasteiger partial charge is 0.0471 e. The van der Waals surface area contributed by atoms with Crippen molar-refractivity contribution in [3.05, 3.63) is 35.9 Å². The first-order valence-corrected chi connectivity index (χ1v) is 7.53. The third-order valence-corrected chi connectivity index (χ3v) is 4.37. The van der Waals surface area contributed by atoms with E-state index in [0.717, 1.165) is 26.3 Å². The summed E-state index contributed by atoms with van der Waals surface area (Å²) in [5.74, 6) is 0.635. The fourth-order valence-corrected chi connectivity index (χ4v) is 2.70. The Morgan fingerprint density at radius 2 is 1.89 bits per heavy atom. The van der Waals surface area contributed by atoms with Gasteiger partial charge >= 0.3 is 0 Å². The zero-order chi connectivity index (χ0) is 13.6. The lowest BCUT2D eigenvalue weighted by Crippen LogP contribution is -2.37. The molecule has 1 aliphatic rings. The molecule has 1 fully saturated rings. The molecule has 0 spiro atoms. The van der Waals surface area contributed by atoms with E-state index in [2.05, 4.69) is 49.5 Å². The van der Waals surface area contributed by atoms with Crippen LogP contribution in [0.3, 0.4) is 0 Å². The summed E-state index contributed by atoms with van der Waals surface area (Å²) in [4.78, 5) is 0. The Morgan fingerprint density at radius 3 is 2.58 bits per heavy atom. The molecule has 1 N–H and O–H groups in total. The third kappa shape index (κ3) is 4.63. The average Bonchev–Trinajstić information content (AvgIpc) is 2.45. The van der Waals surface area contributed by atoms with Crippen LogP contribution >= 0.6 is 0 Å². The summed E-state index contributed by atoms with van der Waals surface area (Å²) >= 11 is 0. The van der Waals surface area contributed by atoms with E-state index in [4.69, 9.17) is 4.74 Å². The molecular formula is C17H27NO. The number of ether oxygens (including phenoxy) is 1. The molecule has 1 heterocycles. The quantitative estimate of drug-likeness (QED) is 0.790. The van der Waals surface area contributed by atoms with Gasteiger partial charge in [0.2, 0.25) is 0 Å². The topological polar surface area (TPSA) is 21.3 Å². The molecule has 1 saturated heterocycles. The van der Waals surface area contributed by atoms with Crippen LogP contribution in [0.5, 0.6) is 0 Å². The van der Waals surface area contributed by atoms with Crippen LogP contribution in [0.4, 0.5) is 0 Å². The van der Waals surface area contributed by atoms with E-state index in [-0.39, 0.29) is 0 Å². The van der Waals surface area contributed by atoms with E-state index in [9.17, 15) is 0 Å². The highest BCUT2D eigenvalue weighted by Crippen LogP contribution is 2.28. The van der Waals surface area contributed by atoms with Crippen LogP contribution in [-0.2, 0) is 4.74 Å². The number of nitrogens with one attached hydrogen (secondary N) is 1. The van der Waals surface area contributed by atoms with Gasteiger partial charge in [-0.2, -0.15) is 0 Å². The van der Waals surface area contributed by atoms with Gasteiger partial charge in [0.05, 0.1) is 0 Å². The van der Waals surface area contributed by atoms with Crippen LogP contribution in [0.25, 0.3) is 0 Å². The molecule has 2 nitrogen and oxygen atoms in total. The molecule has 0 aliphatic carbocycles. The van der Waals surface area contributed by atoms with Gasteiger partial charge in [-0.25, -0.2) is 0 Å². The number of benzene rings is 1. The van der Waals surface area contributed by atoms with Crippen molar-refractivity contribution < 1.29 is 4.74 Å². The van der Waals surface area contributed by atoms with Gasteiger partial charge in [-0.3, -0.25) is 0 Å². The van der Waals surface area contributed by atoms with Crippen LogP contribution in [-0.4, -0.2) is 26.3 Å². The predicted octanol–water partition coefficient (Wildman–Crippen LogP) is 3.59. The second kappa shape index (κ2) is 7.06. The summed E-state index contributed by atoms with van der Waals surface area (Å²) < 4.78 is 5.44. The van der Waals surface area contributed by atoms with Gasteiger partial charge in [0.1, 0.15) is 0 Å².